The third-order valence-corrected chi connectivity index (χ3v) is 3.13. The molecular formula is C16H14O2. The maximum absolute atomic E-state index is 12.6. The Hall–Kier alpha value is -2.22. The highest BCUT2D eigenvalue weighted by molar-refractivity contribution is 6.19. The summed E-state index contributed by atoms with van der Waals surface area (Å²) in [5.74, 6) is -0.425. The summed E-state index contributed by atoms with van der Waals surface area (Å²) in [5.41, 5.74) is -0.564. The smallest absolute Gasteiger partial charge is 0.180 e. The van der Waals surface area contributed by atoms with Gasteiger partial charge in [-0.25, -0.2) is 0 Å². The average molecular weight is 238 g/mol. The minimum Gasteiger partial charge on any atom is -0.293 e. The third kappa shape index (κ3) is 1.97. The Labute approximate surface area is 106 Å². The number of carbonyl (C=O) groups excluding carboxylic acids is 2. The van der Waals surface area contributed by atoms with Crippen molar-refractivity contribution in [2.45, 2.75) is 6.42 Å². The molecule has 1 unspecified atom stereocenters. The van der Waals surface area contributed by atoms with Crippen LogP contribution in [0.25, 0.3) is 0 Å². The lowest BCUT2D eigenvalue weighted by Crippen LogP contribution is -2.37. The molecule has 1 aromatic rings. The molecule has 1 aliphatic carbocycles. The molecule has 1 aromatic carbocycles. The van der Waals surface area contributed by atoms with Gasteiger partial charge in [-0.15, -0.1) is 0 Å². The Morgan fingerprint density at radius 2 is 1.89 bits per heavy atom. The molecule has 0 heterocycles. The Balaban J connectivity index is 2.46. The van der Waals surface area contributed by atoms with Gasteiger partial charge in [0.15, 0.2) is 11.6 Å². The molecule has 0 amide bonds. The molecule has 1 aliphatic rings. The molecule has 0 aromatic heterocycles. The molecule has 0 saturated carbocycles. The van der Waals surface area contributed by atoms with Crippen LogP contribution < -0.4 is 0 Å². The van der Waals surface area contributed by atoms with Gasteiger partial charge >= 0.3 is 0 Å². The summed E-state index contributed by atoms with van der Waals surface area (Å²) < 4.78 is 0. The highest BCUT2D eigenvalue weighted by Gasteiger charge is 2.41. The van der Waals surface area contributed by atoms with Gasteiger partial charge in [-0.2, -0.15) is 0 Å². The molecule has 0 aliphatic heterocycles. The Bertz CT molecular complexity index is 537. The largest absolute Gasteiger partial charge is 0.293 e. The van der Waals surface area contributed by atoms with E-state index < -0.39 is 5.41 Å². The zero-order chi connectivity index (χ0) is 13.0. The highest BCUT2D eigenvalue weighted by Crippen LogP contribution is 2.33. The first kappa shape index (κ1) is 12.2. The van der Waals surface area contributed by atoms with Gasteiger partial charge in [0.05, 0.1) is 0 Å². The first-order valence-electron chi connectivity index (χ1n) is 5.82. The summed E-state index contributed by atoms with van der Waals surface area (Å²) in [6.45, 7) is 3.50. The summed E-state index contributed by atoms with van der Waals surface area (Å²) in [6, 6.07) is 8.89. The monoisotopic (exact) mass is 238 g/mol. The number of hydrogen-bond acceptors (Lipinski definition) is 2. The molecule has 0 radical (unpaired) electrons. The molecule has 1 atom stereocenters. The number of carbonyl (C=O) groups is 2. The predicted octanol–water partition coefficient (Wildman–Crippen LogP) is 3.13. The van der Waals surface area contributed by atoms with Crippen molar-refractivity contribution in [2.24, 2.45) is 5.41 Å². The van der Waals surface area contributed by atoms with Crippen molar-refractivity contribution in [1.29, 1.82) is 0 Å². The summed E-state index contributed by atoms with van der Waals surface area (Å²) in [5, 5.41) is 0. The van der Waals surface area contributed by atoms with Crippen molar-refractivity contribution in [2.75, 3.05) is 0 Å². The Morgan fingerprint density at radius 1 is 1.17 bits per heavy atom. The van der Waals surface area contributed by atoms with E-state index in [2.05, 4.69) is 6.58 Å². The first-order chi connectivity index (χ1) is 8.70. The molecule has 90 valence electrons. The molecule has 0 bridgehead atoms. The lowest BCUT2D eigenvalue weighted by molar-refractivity contribution is -0.119. The van der Waals surface area contributed by atoms with E-state index in [-0.39, 0.29) is 11.6 Å². The molecule has 2 rings (SSSR count). The number of hydrogen-bond donors (Lipinski definition) is 0. The lowest BCUT2D eigenvalue weighted by Gasteiger charge is -2.27. The minimum atomic E-state index is -1.11. The molecule has 0 saturated heterocycles. The zero-order valence-electron chi connectivity index (χ0n) is 10.0. The van der Waals surface area contributed by atoms with Crippen molar-refractivity contribution in [3.63, 3.8) is 0 Å². The van der Waals surface area contributed by atoms with E-state index in [0.717, 1.165) is 0 Å². The van der Waals surface area contributed by atoms with Gasteiger partial charge in [-0.3, -0.25) is 9.59 Å². The molecule has 2 nitrogen and oxygen atoms in total. The van der Waals surface area contributed by atoms with E-state index in [1.54, 1.807) is 36.4 Å². The Kier molecular flexibility index (Phi) is 3.38. The summed E-state index contributed by atoms with van der Waals surface area (Å²) in [6.07, 6.45) is 8.71. The second-order valence-electron chi connectivity index (χ2n) is 4.23. The van der Waals surface area contributed by atoms with Gasteiger partial charge in [-0.05, 0) is 12.5 Å². The normalized spacial score (nSPS) is 21.6. The maximum atomic E-state index is 12.6. The molecule has 2 heteroatoms. The van der Waals surface area contributed by atoms with Crippen LogP contribution in [0.5, 0.6) is 0 Å². The molecular weight excluding hydrogens is 224 g/mol. The molecule has 0 spiro atoms. The number of rotatable bonds is 4. The van der Waals surface area contributed by atoms with Crippen LogP contribution in [0.4, 0.5) is 0 Å². The molecule has 0 N–H and O–H groups in total. The van der Waals surface area contributed by atoms with E-state index in [4.69, 9.17) is 0 Å². The SMILES string of the molecule is C=CC(=O)C1(C(=O)c2ccccc2)C=CC=CC1. The van der Waals surface area contributed by atoms with Gasteiger partial charge in [0.1, 0.15) is 5.41 Å². The second kappa shape index (κ2) is 4.96. The quantitative estimate of drug-likeness (QED) is 0.459. The highest BCUT2D eigenvalue weighted by atomic mass is 16.2. The fourth-order valence-corrected chi connectivity index (χ4v) is 2.11. The summed E-state index contributed by atoms with van der Waals surface area (Å²) >= 11 is 0. The van der Waals surface area contributed by atoms with Crippen molar-refractivity contribution in [1.82, 2.24) is 0 Å². The molecule has 18 heavy (non-hydrogen) atoms. The van der Waals surface area contributed by atoms with E-state index in [1.807, 2.05) is 18.2 Å². The van der Waals surface area contributed by atoms with Crippen LogP contribution in [0, 0.1) is 5.41 Å². The summed E-state index contributed by atoms with van der Waals surface area (Å²) in [4.78, 5) is 24.6. The lowest BCUT2D eigenvalue weighted by atomic mass is 9.72. The van der Waals surface area contributed by atoms with Crippen molar-refractivity contribution in [3.05, 3.63) is 72.9 Å². The van der Waals surface area contributed by atoms with Crippen LogP contribution in [0.3, 0.4) is 0 Å². The van der Waals surface area contributed by atoms with Gasteiger partial charge in [0.2, 0.25) is 0 Å². The number of allylic oxidation sites excluding steroid dienone is 5. The van der Waals surface area contributed by atoms with Crippen molar-refractivity contribution in [3.8, 4) is 0 Å². The minimum absolute atomic E-state index is 0.173. The standard InChI is InChI=1S/C16H14O2/c1-2-14(17)16(11-7-4-8-12-16)15(18)13-9-5-3-6-10-13/h2-11H,1,12H2. The van der Waals surface area contributed by atoms with Gasteiger partial charge in [0, 0.05) is 5.56 Å². The van der Waals surface area contributed by atoms with Crippen molar-refractivity contribution >= 4 is 11.6 Å². The van der Waals surface area contributed by atoms with Crippen LogP contribution in [-0.4, -0.2) is 11.6 Å². The number of Topliss-reactive ketones (excluding diaryl/α,β-unsaturated/α-hetero) is 1. The number of benzene rings is 1. The zero-order valence-corrected chi connectivity index (χ0v) is 10.0. The van der Waals surface area contributed by atoms with E-state index in [9.17, 15) is 9.59 Å². The predicted molar refractivity (Wildman–Crippen MR) is 71.3 cm³/mol. The van der Waals surface area contributed by atoms with Crippen LogP contribution in [0.1, 0.15) is 16.8 Å². The number of ketones is 2. The maximum Gasteiger partial charge on any atom is 0.180 e. The van der Waals surface area contributed by atoms with Gasteiger partial charge in [-0.1, -0.05) is 61.2 Å². The first-order valence-corrected chi connectivity index (χ1v) is 5.82. The second-order valence-corrected chi connectivity index (χ2v) is 4.23. The molecule has 0 fully saturated rings. The average Bonchev–Trinajstić information content (AvgIpc) is 2.47. The van der Waals surface area contributed by atoms with Crippen LogP contribution in [-0.2, 0) is 4.79 Å². The van der Waals surface area contributed by atoms with Crippen molar-refractivity contribution < 1.29 is 9.59 Å². The summed E-state index contributed by atoms with van der Waals surface area (Å²) in [7, 11) is 0. The van der Waals surface area contributed by atoms with E-state index in [1.165, 1.54) is 6.08 Å². The fourth-order valence-electron chi connectivity index (χ4n) is 2.11. The Morgan fingerprint density at radius 3 is 2.44 bits per heavy atom. The topological polar surface area (TPSA) is 34.1 Å². The van der Waals surface area contributed by atoms with E-state index >= 15 is 0 Å². The van der Waals surface area contributed by atoms with Crippen LogP contribution in [0.15, 0.2) is 67.3 Å². The third-order valence-electron chi connectivity index (χ3n) is 3.13. The van der Waals surface area contributed by atoms with Crippen LogP contribution in [0.2, 0.25) is 0 Å². The fraction of sp³-hybridized carbons (Fsp3) is 0.125. The van der Waals surface area contributed by atoms with Crippen LogP contribution >= 0.6 is 0 Å². The van der Waals surface area contributed by atoms with Gasteiger partial charge < -0.3 is 0 Å². The van der Waals surface area contributed by atoms with Gasteiger partial charge in [0.25, 0.3) is 0 Å². The van der Waals surface area contributed by atoms with E-state index in [0.29, 0.717) is 12.0 Å².